The molecule has 0 aliphatic carbocycles. The number of hydrogen-bond acceptors (Lipinski definition) is 5. The topological polar surface area (TPSA) is 89.3 Å². The predicted octanol–water partition coefficient (Wildman–Crippen LogP) is 0.952. The second kappa shape index (κ2) is 6.16. The van der Waals surface area contributed by atoms with Crippen molar-refractivity contribution in [2.75, 3.05) is 5.32 Å². The molecule has 3 aromatic rings. The highest BCUT2D eigenvalue weighted by Gasteiger charge is 2.27. The van der Waals surface area contributed by atoms with Crippen LogP contribution in [0.15, 0.2) is 48.7 Å². The van der Waals surface area contributed by atoms with E-state index in [1.165, 1.54) is 0 Å². The summed E-state index contributed by atoms with van der Waals surface area (Å²) < 4.78 is 6.78. The highest BCUT2D eigenvalue weighted by molar-refractivity contribution is 6.61. The number of nitrogens with zero attached hydrogens (tertiary/aromatic N) is 3. The number of aryl methyl sites for hydroxylation is 1. The van der Waals surface area contributed by atoms with Crippen LogP contribution in [0.3, 0.4) is 0 Å². The number of carbonyl (C=O) groups is 1. The zero-order chi connectivity index (χ0) is 17.4. The first-order valence-electron chi connectivity index (χ1n) is 7.81. The van der Waals surface area contributed by atoms with Gasteiger partial charge in [0.2, 0.25) is 0 Å². The Morgan fingerprint density at radius 2 is 2.20 bits per heavy atom. The SMILES string of the molecule is Cn1nc(C(=O)Nc2ccc3c(c2)B(O)OC3)cc1-c1ccccn1. The Morgan fingerprint density at radius 3 is 3.00 bits per heavy atom. The number of benzene rings is 1. The molecule has 124 valence electrons. The summed E-state index contributed by atoms with van der Waals surface area (Å²) >= 11 is 0. The molecule has 0 unspecified atom stereocenters. The zero-order valence-electron chi connectivity index (χ0n) is 13.5. The molecule has 0 saturated carbocycles. The Bertz CT molecular complexity index is 942. The Labute approximate surface area is 144 Å². The van der Waals surface area contributed by atoms with Gasteiger partial charge in [-0.3, -0.25) is 14.5 Å². The van der Waals surface area contributed by atoms with Gasteiger partial charge in [0.25, 0.3) is 5.91 Å². The van der Waals surface area contributed by atoms with Crippen molar-refractivity contribution in [1.29, 1.82) is 0 Å². The first-order chi connectivity index (χ1) is 12.1. The summed E-state index contributed by atoms with van der Waals surface area (Å²) in [6.07, 6.45) is 1.69. The van der Waals surface area contributed by atoms with Crippen LogP contribution in [0.2, 0.25) is 0 Å². The number of nitrogens with one attached hydrogen (secondary N) is 1. The number of anilines is 1. The molecule has 4 rings (SSSR count). The van der Waals surface area contributed by atoms with Gasteiger partial charge in [0.1, 0.15) is 0 Å². The van der Waals surface area contributed by atoms with Gasteiger partial charge >= 0.3 is 7.12 Å². The van der Waals surface area contributed by atoms with E-state index in [0.717, 1.165) is 17.0 Å². The minimum Gasteiger partial charge on any atom is -0.423 e. The van der Waals surface area contributed by atoms with Crippen LogP contribution < -0.4 is 10.8 Å². The quantitative estimate of drug-likeness (QED) is 0.696. The van der Waals surface area contributed by atoms with E-state index in [1.807, 2.05) is 24.3 Å². The zero-order valence-corrected chi connectivity index (χ0v) is 13.5. The third-order valence-corrected chi connectivity index (χ3v) is 4.11. The van der Waals surface area contributed by atoms with Gasteiger partial charge in [-0.15, -0.1) is 0 Å². The molecule has 1 aromatic carbocycles. The van der Waals surface area contributed by atoms with Gasteiger partial charge in [0, 0.05) is 18.9 Å². The third-order valence-electron chi connectivity index (χ3n) is 4.11. The lowest BCUT2D eigenvalue weighted by Gasteiger charge is -2.05. The van der Waals surface area contributed by atoms with Gasteiger partial charge in [0.05, 0.1) is 18.0 Å². The monoisotopic (exact) mass is 334 g/mol. The van der Waals surface area contributed by atoms with Crippen LogP contribution in [0, 0.1) is 0 Å². The van der Waals surface area contributed by atoms with E-state index < -0.39 is 7.12 Å². The summed E-state index contributed by atoms with van der Waals surface area (Å²) in [6.45, 7) is 0.373. The van der Waals surface area contributed by atoms with Gasteiger partial charge in [-0.2, -0.15) is 5.10 Å². The van der Waals surface area contributed by atoms with Crippen molar-refractivity contribution in [3.63, 3.8) is 0 Å². The number of aromatic nitrogens is 3. The summed E-state index contributed by atoms with van der Waals surface area (Å²) in [7, 11) is 0.821. The van der Waals surface area contributed by atoms with Crippen LogP contribution in [0.4, 0.5) is 5.69 Å². The maximum atomic E-state index is 12.5. The molecule has 7 nitrogen and oxygen atoms in total. The number of pyridine rings is 1. The van der Waals surface area contributed by atoms with Crippen LogP contribution in [0.5, 0.6) is 0 Å². The molecule has 0 spiro atoms. The fourth-order valence-electron chi connectivity index (χ4n) is 2.82. The van der Waals surface area contributed by atoms with E-state index in [9.17, 15) is 9.82 Å². The normalized spacial score (nSPS) is 13.0. The van der Waals surface area contributed by atoms with Crippen LogP contribution in [-0.2, 0) is 18.3 Å². The number of amides is 1. The first kappa shape index (κ1) is 15.6. The molecule has 2 aromatic heterocycles. The van der Waals surface area contributed by atoms with Crippen molar-refractivity contribution in [2.24, 2.45) is 7.05 Å². The minimum absolute atomic E-state index is 0.292. The van der Waals surface area contributed by atoms with E-state index >= 15 is 0 Å². The summed E-state index contributed by atoms with van der Waals surface area (Å²) in [4.78, 5) is 16.8. The lowest BCUT2D eigenvalue weighted by atomic mass is 9.79. The maximum absolute atomic E-state index is 12.5. The highest BCUT2D eigenvalue weighted by Crippen LogP contribution is 2.19. The molecular formula is C17H15BN4O3. The lowest BCUT2D eigenvalue weighted by Crippen LogP contribution is -2.28. The van der Waals surface area contributed by atoms with Crippen LogP contribution >= 0.6 is 0 Å². The van der Waals surface area contributed by atoms with E-state index in [4.69, 9.17) is 4.65 Å². The molecule has 8 heteroatoms. The van der Waals surface area contributed by atoms with E-state index in [0.29, 0.717) is 23.5 Å². The average Bonchev–Trinajstić information content (AvgIpc) is 3.19. The van der Waals surface area contributed by atoms with E-state index in [1.54, 1.807) is 36.1 Å². The molecule has 0 saturated heterocycles. The standard InChI is InChI=1S/C17H15BN4O3/c1-22-16(14-4-2-3-7-19-14)9-15(21-22)17(23)20-12-6-5-11-10-25-18(24)13(11)8-12/h2-9,24H,10H2,1H3,(H,20,23). The summed E-state index contributed by atoms with van der Waals surface area (Å²) in [5, 5.41) is 16.8. The summed E-state index contributed by atoms with van der Waals surface area (Å²) in [5.74, 6) is -0.328. The minimum atomic E-state index is -0.947. The third kappa shape index (κ3) is 2.93. The van der Waals surface area contributed by atoms with Gasteiger partial charge in [0.15, 0.2) is 5.69 Å². The van der Waals surface area contributed by atoms with Crippen molar-refractivity contribution in [2.45, 2.75) is 6.61 Å². The van der Waals surface area contributed by atoms with E-state index in [2.05, 4.69) is 15.4 Å². The molecule has 0 atom stereocenters. The second-order valence-corrected chi connectivity index (χ2v) is 5.78. The van der Waals surface area contributed by atoms with Crippen molar-refractivity contribution < 1.29 is 14.5 Å². The maximum Gasteiger partial charge on any atom is 0.491 e. The molecule has 2 N–H and O–H groups in total. The molecule has 3 heterocycles. The van der Waals surface area contributed by atoms with Gasteiger partial charge in [-0.1, -0.05) is 12.1 Å². The van der Waals surface area contributed by atoms with Crippen LogP contribution in [-0.4, -0.2) is 32.8 Å². The van der Waals surface area contributed by atoms with Crippen molar-refractivity contribution in [3.8, 4) is 11.4 Å². The van der Waals surface area contributed by atoms with Crippen molar-refractivity contribution >= 4 is 24.2 Å². The summed E-state index contributed by atoms with van der Waals surface area (Å²) in [5.41, 5.74) is 3.96. The fraction of sp³-hybridized carbons (Fsp3) is 0.118. The number of hydrogen-bond donors (Lipinski definition) is 2. The van der Waals surface area contributed by atoms with Crippen molar-refractivity contribution in [1.82, 2.24) is 14.8 Å². The van der Waals surface area contributed by atoms with E-state index in [-0.39, 0.29) is 5.91 Å². The molecule has 1 aliphatic heterocycles. The molecule has 1 aliphatic rings. The van der Waals surface area contributed by atoms with Crippen LogP contribution in [0.1, 0.15) is 16.1 Å². The largest absolute Gasteiger partial charge is 0.491 e. The molecule has 0 fully saturated rings. The molecule has 1 amide bonds. The van der Waals surface area contributed by atoms with Gasteiger partial charge < -0.3 is 15.0 Å². The average molecular weight is 334 g/mol. The second-order valence-electron chi connectivity index (χ2n) is 5.78. The molecule has 0 bridgehead atoms. The lowest BCUT2D eigenvalue weighted by molar-refractivity contribution is 0.102. The molecular weight excluding hydrogens is 319 g/mol. The number of carbonyl (C=O) groups excluding carboxylic acids is 1. The number of rotatable bonds is 3. The Morgan fingerprint density at radius 1 is 1.32 bits per heavy atom. The highest BCUT2D eigenvalue weighted by atomic mass is 16.5. The Balaban J connectivity index is 1.57. The number of fused-ring (bicyclic) bond motifs is 1. The molecule has 0 radical (unpaired) electrons. The Hall–Kier alpha value is -2.97. The van der Waals surface area contributed by atoms with Gasteiger partial charge in [-0.25, -0.2) is 0 Å². The smallest absolute Gasteiger partial charge is 0.423 e. The van der Waals surface area contributed by atoms with Crippen molar-refractivity contribution in [3.05, 3.63) is 59.9 Å². The van der Waals surface area contributed by atoms with Gasteiger partial charge in [-0.05, 0) is 41.4 Å². The molecule has 25 heavy (non-hydrogen) atoms. The predicted molar refractivity (Wildman–Crippen MR) is 93.2 cm³/mol. The first-order valence-corrected chi connectivity index (χ1v) is 7.81. The van der Waals surface area contributed by atoms with Crippen LogP contribution in [0.25, 0.3) is 11.4 Å². The summed E-state index contributed by atoms with van der Waals surface area (Å²) in [6, 6.07) is 12.6. The Kier molecular flexibility index (Phi) is 3.83. The fourth-order valence-corrected chi connectivity index (χ4v) is 2.82.